The number of hydrogen-bond acceptors (Lipinski definition) is 3. The fourth-order valence-corrected chi connectivity index (χ4v) is 4.22. The molecule has 1 saturated heterocycles. The molecule has 0 aliphatic carbocycles. The summed E-state index contributed by atoms with van der Waals surface area (Å²) in [6, 6.07) is 30.6. The van der Waals surface area contributed by atoms with Gasteiger partial charge in [-0.1, -0.05) is 78.9 Å². The number of carbonyl (C=O) groups excluding carboxylic acids is 1. The van der Waals surface area contributed by atoms with Crippen LogP contribution in [-0.4, -0.2) is 46.8 Å². The van der Waals surface area contributed by atoms with Crippen molar-refractivity contribution in [2.45, 2.75) is 6.54 Å². The van der Waals surface area contributed by atoms with Crippen LogP contribution in [0.2, 0.25) is 0 Å². The molecule has 2 heterocycles. The van der Waals surface area contributed by atoms with Crippen LogP contribution in [0.4, 0.5) is 5.69 Å². The van der Waals surface area contributed by atoms with Gasteiger partial charge in [0.15, 0.2) is 0 Å². The molecule has 32 heavy (non-hydrogen) atoms. The van der Waals surface area contributed by atoms with E-state index in [1.165, 1.54) is 5.69 Å². The number of aromatic nitrogens is 2. The molecule has 1 fully saturated rings. The lowest BCUT2D eigenvalue weighted by Crippen LogP contribution is -2.48. The molecule has 0 saturated carbocycles. The molecule has 4 aromatic rings. The maximum atomic E-state index is 13.6. The molecule has 1 aliphatic heterocycles. The van der Waals surface area contributed by atoms with Gasteiger partial charge in [-0.05, 0) is 17.7 Å². The third-order valence-corrected chi connectivity index (χ3v) is 5.91. The summed E-state index contributed by atoms with van der Waals surface area (Å²) in [5, 5.41) is 4.81. The molecule has 5 heteroatoms. The van der Waals surface area contributed by atoms with Crippen molar-refractivity contribution in [1.82, 2.24) is 14.7 Å². The third kappa shape index (κ3) is 4.28. The fraction of sp³-hybridized carbons (Fsp3) is 0.185. The summed E-state index contributed by atoms with van der Waals surface area (Å²) in [6.45, 7) is 3.69. The molecular weight excluding hydrogens is 396 g/mol. The average molecular weight is 423 g/mol. The number of hydrogen-bond donors (Lipinski definition) is 0. The molecule has 1 aliphatic rings. The lowest BCUT2D eigenvalue weighted by atomic mass is 10.1. The molecular formula is C27H26N4O. The van der Waals surface area contributed by atoms with Crippen LogP contribution >= 0.6 is 0 Å². The van der Waals surface area contributed by atoms with Gasteiger partial charge in [0.25, 0.3) is 5.91 Å². The predicted octanol–water partition coefficient (Wildman–Crippen LogP) is 4.56. The van der Waals surface area contributed by atoms with Gasteiger partial charge in [-0.3, -0.25) is 9.48 Å². The number of anilines is 1. The van der Waals surface area contributed by atoms with Crippen molar-refractivity contribution < 1.29 is 4.79 Å². The first-order valence-electron chi connectivity index (χ1n) is 11.0. The summed E-state index contributed by atoms with van der Waals surface area (Å²) in [5.41, 5.74) is 4.74. The van der Waals surface area contributed by atoms with Crippen LogP contribution in [0.25, 0.3) is 11.3 Å². The highest BCUT2D eigenvalue weighted by atomic mass is 16.2. The van der Waals surface area contributed by atoms with Gasteiger partial charge in [0.1, 0.15) is 5.69 Å². The van der Waals surface area contributed by atoms with Gasteiger partial charge in [-0.25, -0.2) is 0 Å². The van der Waals surface area contributed by atoms with E-state index in [9.17, 15) is 4.79 Å². The Morgan fingerprint density at radius 1 is 0.750 bits per heavy atom. The van der Waals surface area contributed by atoms with Crippen molar-refractivity contribution in [2.75, 3.05) is 31.1 Å². The van der Waals surface area contributed by atoms with Crippen molar-refractivity contribution in [2.24, 2.45) is 0 Å². The van der Waals surface area contributed by atoms with Gasteiger partial charge in [-0.2, -0.15) is 5.10 Å². The van der Waals surface area contributed by atoms with Crippen LogP contribution in [0.1, 0.15) is 15.9 Å². The number of carbonyl (C=O) groups is 1. The zero-order valence-electron chi connectivity index (χ0n) is 18.0. The van der Waals surface area contributed by atoms with Crippen molar-refractivity contribution in [1.29, 1.82) is 0 Å². The van der Waals surface area contributed by atoms with Gasteiger partial charge in [-0.15, -0.1) is 0 Å². The fourth-order valence-electron chi connectivity index (χ4n) is 4.22. The molecule has 0 unspecified atom stereocenters. The van der Waals surface area contributed by atoms with E-state index < -0.39 is 0 Å². The van der Waals surface area contributed by atoms with Crippen LogP contribution in [0, 0.1) is 0 Å². The Morgan fingerprint density at radius 3 is 2.00 bits per heavy atom. The first-order valence-corrected chi connectivity index (χ1v) is 11.0. The van der Waals surface area contributed by atoms with E-state index in [-0.39, 0.29) is 5.91 Å². The van der Waals surface area contributed by atoms with Gasteiger partial charge in [0.2, 0.25) is 0 Å². The minimum atomic E-state index is 0.0517. The standard InChI is InChI=1S/C27H26N4O/c32-27(30-18-16-29(17-19-30)24-14-8-3-9-15-24)25-21-31(20-22-10-4-1-5-11-22)28-26(25)23-12-6-2-7-13-23/h1-15,21H,16-20H2. The first kappa shape index (κ1) is 20.1. The number of nitrogens with zero attached hydrogens (tertiary/aromatic N) is 4. The summed E-state index contributed by atoms with van der Waals surface area (Å²) in [7, 11) is 0. The Bertz CT molecular complexity index is 1160. The van der Waals surface area contributed by atoms with E-state index in [1.807, 2.05) is 70.4 Å². The van der Waals surface area contributed by atoms with E-state index >= 15 is 0 Å². The molecule has 1 amide bonds. The third-order valence-electron chi connectivity index (χ3n) is 5.91. The average Bonchev–Trinajstić information content (AvgIpc) is 3.29. The summed E-state index contributed by atoms with van der Waals surface area (Å²) < 4.78 is 1.88. The second-order valence-electron chi connectivity index (χ2n) is 8.06. The van der Waals surface area contributed by atoms with Crippen LogP contribution in [-0.2, 0) is 6.54 Å². The number of piperazine rings is 1. The predicted molar refractivity (Wildman–Crippen MR) is 128 cm³/mol. The highest BCUT2D eigenvalue weighted by Crippen LogP contribution is 2.25. The lowest BCUT2D eigenvalue weighted by molar-refractivity contribution is 0.0747. The number of amides is 1. The number of para-hydroxylation sites is 1. The number of benzene rings is 3. The zero-order chi connectivity index (χ0) is 21.8. The molecule has 5 rings (SSSR count). The van der Waals surface area contributed by atoms with Gasteiger partial charge < -0.3 is 9.80 Å². The van der Waals surface area contributed by atoms with E-state index in [2.05, 4.69) is 41.3 Å². The molecule has 3 aromatic carbocycles. The molecule has 0 spiro atoms. The Morgan fingerprint density at radius 2 is 1.34 bits per heavy atom. The topological polar surface area (TPSA) is 41.4 Å². The Labute approximate surface area is 188 Å². The SMILES string of the molecule is O=C(c1cn(Cc2ccccc2)nc1-c1ccccc1)N1CCN(c2ccccc2)CC1. The molecule has 160 valence electrons. The first-order chi connectivity index (χ1) is 15.8. The van der Waals surface area contributed by atoms with Crippen molar-refractivity contribution in [3.05, 3.63) is 108 Å². The summed E-state index contributed by atoms with van der Waals surface area (Å²) in [4.78, 5) is 17.8. The largest absolute Gasteiger partial charge is 0.368 e. The Balaban J connectivity index is 1.38. The normalized spacial score (nSPS) is 13.9. The molecule has 0 atom stereocenters. The van der Waals surface area contributed by atoms with Crippen molar-refractivity contribution in [3.8, 4) is 11.3 Å². The minimum absolute atomic E-state index is 0.0517. The molecule has 0 radical (unpaired) electrons. The van der Waals surface area contributed by atoms with Crippen molar-refractivity contribution >= 4 is 11.6 Å². The van der Waals surface area contributed by atoms with Gasteiger partial charge in [0.05, 0.1) is 12.1 Å². The molecule has 1 aromatic heterocycles. The smallest absolute Gasteiger partial charge is 0.257 e. The van der Waals surface area contributed by atoms with Gasteiger partial charge >= 0.3 is 0 Å². The zero-order valence-corrected chi connectivity index (χ0v) is 18.0. The minimum Gasteiger partial charge on any atom is -0.368 e. The highest BCUT2D eigenvalue weighted by molar-refractivity contribution is 6.00. The molecule has 5 nitrogen and oxygen atoms in total. The van der Waals surface area contributed by atoms with Crippen LogP contribution in [0.5, 0.6) is 0 Å². The van der Waals surface area contributed by atoms with Crippen LogP contribution in [0.3, 0.4) is 0 Å². The highest BCUT2D eigenvalue weighted by Gasteiger charge is 2.26. The summed E-state index contributed by atoms with van der Waals surface area (Å²) in [6.07, 6.45) is 1.90. The second kappa shape index (κ2) is 9.10. The van der Waals surface area contributed by atoms with Gasteiger partial charge in [0, 0.05) is 43.6 Å². The van der Waals surface area contributed by atoms with Crippen LogP contribution < -0.4 is 4.90 Å². The Kier molecular flexibility index (Phi) is 5.71. The van der Waals surface area contributed by atoms with E-state index in [1.54, 1.807) is 0 Å². The molecule has 0 bridgehead atoms. The molecule has 0 N–H and O–H groups in total. The lowest BCUT2D eigenvalue weighted by Gasteiger charge is -2.36. The summed E-state index contributed by atoms with van der Waals surface area (Å²) >= 11 is 0. The maximum Gasteiger partial charge on any atom is 0.257 e. The van der Waals surface area contributed by atoms with E-state index in [0.29, 0.717) is 25.2 Å². The summed E-state index contributed by atoms with van der Waals surface area (Å²) in [5.74, 6) is 0.0517. The maximum absolute atomic E-state index is 13.6. The Hall–Kier alpha value is -3.86. The van der Waals surface area contributed by atoms with E-state index in [4.69, 9.17) is 5.10 Å². The second-order valence-corrected chi connectivity index (χ2v) is 8.06. The number of rotatable bonds is 5. The van der Waals surface area contributed by atoms with Crippen molar-refractivity contribution in [3.63, 3.8) is 0 Å². The monoisotopic (exact) mass is 422 g/mol. The quantitative estimate of drug-likeness (QED) is 0.473. The van der Waals surface area contributed by atoms with E-state index in [0.717, 1.165) is 29.9 Å². The van der Waals surface area contributed by atoms with Crippen LogP contribution in [0.15, 0.2) is 97.2 Å².